The lowest BCUT2D eigenvalue weighted by Gasteiger charge is -2.44. The molecule has 3 heteroatoms. The maximum atomic E-state index is 5.70. The van der Waals surface area contributed by atoms with E-state index in [1.807, 2.05) is 0 Å². The highest BCUT2D eigenvalue weighted by Gasteiger charge is 2.43. The van der Waals surface area contributed by atoms with Gasteiger partial charge in [-0.15, -0.1) is 0 Å². The van der Waals surface area contributed by atoms with Crippen molar-refractivity contribution in [3.63, 3.8) is 0 Å². The van der Waals surface area contributed by atoms with Gasteiger partial charge in [0.15, 0.2) is 0 Å². The number of fused-ring (bicyclic) bond motifs is 2. The maximum absolute atomic E-state index is 5.70. The second kappa shape index (κ2) is 4.22. The molecule has 17 heavy (non-hydrogen) atoms. The summed E-state index contributed by atoms with van der Waals surface area (Å²) in [5, 5.41) is 0. The predicted molar refractivity (Wildman–Crippen MR) is 69.2 cm³/mol. The lowest BCUT2D eigenvalue weighted by atomic mass is 9.96. The number of ether oxygens (including phenoxy) is 1. The van der Waals surface area contributed by atoms with Crippen molar-refractivity contribution in [3.05, 3.63) is 0 Å². The van der Waals surface area contributed by atoms with E-state index >= 15 is 0 Å². The zero-order valence-corrected chi connectivity index (χ0v) is 11.5. The molecule has 3 aliphatic rings. The van der Waals surface area contributed by atoms with Crippen LogP contribution in [-0.2, 0) is 4.74 Å². The van der Waals surface area contributed by atoms with Crippen molar-refractivity contribution in [2.24, 2.45) is 0 Å². The lowest BCUT2D eigenvalue weighted by molar-refractivity contribution is -0.0121. The summed E-state index contributed by atoms with van der Waals surface area (Å²) in [6.07, 6.45) is 4.54. The van der Waals surface area contributed by atoms with E-state index in [1.165, 1.54) is 38.9 Å². The van der Waals surface area contributed by atoms with Gasteiger partial charge in [0.05, 0.1) is 12.7 Å². The molecule has 0 aromatic carbocycles. The van der Waals surface area contributed by atoms with E-state index in [0.29, 0.717) is 11.6 Å². The van der Waals surface area contributed by atoms with Crippen LogP contribution >= 0.6 is 0 Å². The van der Waals surface area contributed by atoms with E-state index < -0.39 is 0 Å². The molecule has 3 heterocycles. The Balaban J connectivity index is 1.55. The fourth-order valence-corrected chi connectivity index (χ4v) is 3.74. The van der Waals surface area contributed by atoms with E-state index in [9.17, 15) is 0 Å². The first-order chi connectivity index (χ1) is 8.04. The van der Waals surface area contributed by atoms with Gasteiger partial charge in [-0.1, -0.05) is 0 Å². The maximum Gasteiger partial charge on any atom is 0.0718 e. The standard InChI is InChI=1S/C14H26N2O/c1-14(2,3)15-6-4-11(5-7-15)16-9-13-8-12(16)10-17-13/h11-13H,4-10H2,1-3H3/t12-,13-/m0/s1. The first kappa shape index (κ1) is 11.9. The van der Waals surface area contributed by atoms with Crippen LogP contribution < -0.4 is 0 Å². The Morgan fingerprint density at radius 2 is 1.76 bits per heavy atom. The molecule has 3 aliphatic heterocycles. The summed E-state index contributed by atoms with van der Waals surface area (Å²) in [5.74, 6) is 0. The number of morpholine rings is 1. The Morgan fingerprint density at radius 1 is 1.06 bits per heavy atom. The summed E-state index contributed by atoms with van der Waals surface area (Å²) < 4.78 is 5.70. The first-order valence-electron chi connectivity index (χ1n) is 7.16. The summed E-state index contributed by atoms with van der Waals surface area (Å²) in [6, 6.07) is 1.57. The van der Waals surface area contributed by atoms with E-state index in [-0.39, 0.29) is 0 Å². The quantitative estimate of drug-likeness (QED) is 0.692. The van der Waals surface area contributed by atoms with Crippen LogP contribution in [0, 0.1) is 0 Å². The molecular formula is C14H26N2O. The van der Waals surface area contributed by atoms with Gasteiger partial charge in [-0.05, 0) is 40.0 Å². The average Bonchev–Trinajstić information content (AvgIpc) is 2.89. The Morgan fingerprint density at radius 3 is 2.24 bits per heavy atom. The van der Waals surface area contributed by atoms with E-state index in [0.717, 1.165) is 18.7 Å². The smallest absolute Gasteiger partial charge is 0.0718 e. The molecular weight excluding hydrogens is 212 g/mol. The van der Waals surface area contributed by atoms with Crippen molar-refractivity contribution < 1.29 is 4.74 Å². The molecule has 3 rings (SSSR count). The summed E-state index contributed by atoms with van der Waals surface area (Å²) in [5.41, 5.74) is 0.345. The van der Waals surface area contributed by atoms with Crippen LogP contribution in [0.5, 0.6) is 0 Å². The van der Waals surface area contributed by atoms with Crippen LogP contribution in [0.25, 0.3) is 0 Å². The van der Waals surface area contributed by atoms with Crippen molar-refractivity contribution in [3.8, 4) is 0 Å². The Bertz CT molecular complexity index is 278. The molecule has 0 aliphatic carbocycles. The van der Waals surface area contributed by atoms with Crippen LogP contribution in [-0.4, -0.2) is 59.8 Å². The molecule has 2 bridgehead atoms. The predicted octanol–water partition coefficient (Wildman–Crippen LogP) is 1.72. The minimum absolute atomic E-state index is 0.345. The van der Waals surface area contributed by atoms with Crippen LogP contribution in [0.4, 0.5) is 0 Å². The van der Waals surface area contributed by atoms with Crippen LogP contribution in [0.2, 0.25) is 0 Å². The average molecular weight is 238 g/mol. The summed E-state index contributed by atoms with van der Waals surface area (Å²) >= 11 is 0. The molecule has 0 aromatic rings. The highest BCUT2D eigenvalue weighted by molar-refractivity contribution is 4.96. The van der Waals surface area contributed by atoms with Crippen molar-refractivity contribution in [2.45, 2.75) is 63.8 Å². The first-order valence-corrected chi connectivity index (χ1v) is 7.16. The molecule has 98 valence electrons. The number of hydrogen-bond donors (Lipinski definition) is 0. The van der Waals surface area contributed by atoms with Gasteiger partial charge in [0.1, 0.15) is 0 Å². The summed E-state index contributed by atoms with van der Waals surface area (Å²) in [4.78, 5) is 5.38. The Hall–Kier alpha value is -0.120. The zero-order valence-electron chi connectivity index (χ0n) is 11.5. The van der Waals surface area contributed by atoms with Gasteiger partial charge in [0.2, 0.25) is 0 Å². The third kappa shape index (κ3) is 2.25. The highest BCUT2D eigenvalue weighted by atomic mass is 16.5. The fraction of sp³-hybridized carbons (Fsp3) is 1.00. The largest absolute Gasteiger partial charge is 0.375 e. The number of likely N-dealkylation sites (tertiary alicyclic amines) is 2. The normalized spacial score (nSPS) is 36.9. The van der Waals surface area contributed by atoms with Gasteiger partial charge in [0.25, 0.3) is 0 Å². The van der Waals surface area contributed by atoms with Crippen LogP contribution in [0.3, 0.4) is 0 Å². The second-order valence-corrected chi connectivity index (χ2v) is 6.93. The van der Waals surface area contributed by atoms with Crippen molar-refractivity contribution >= 4 is 0 Å². The molecule has 0 saturated carbocycles. The molecule has 0 aromatic heterocycles. The van der Waals surface area contributed by atoms with Crippen molar-refractivity contribution in [1.29, 1.82) is 0 Å². The SMILES string of the molecule is CC(C)(C)N1CCC(N2C[C@@H]3C[C@H]2CO3)CC1. The highest BCUT2D eigenvalue weighted by Crippen LogP contribution is 2.33. The third-order valence-corrected chi connectivity index (χ3v) is 4.82. The van der Waals surface area contributed by atoms with E-state index in [2.05, 4.69) is 30.6 Å². The molecule has 2 atom stereocenters. The van der Waals surface area contributed by atoms with Gasteiger partial charge >= 0.3 is 0 Å². The van der Waals surface area contributed by atoms with Gasteiger partial charge in [-0.25, -0.2) is 0 Å². The van der Waals surface area contributed by atoms with E-state index in [4.69, 9.17) is 4.74 Å². The number of rotatable bonds is 1. The van der Waals surface area contributed by atoms with Crippen molar-refractivity contribution in [1.82, 2.24) is 9.80 Å². The van der Waals surface area contributed by atoms with Gasteiger partial charge in [-0.2, -0.15) is 0 Å². The number of piperidine rings is 1. The Kier molecular flexibility index (Phi) is 2.96. The molecule has 3 fully saturated rings. The van der Waals surface area contributed by atoms with Crippen LogP contribution in [0.1, 0.15) is 40.0 Å². The third-order valence-electron chi connectivity index (χ3n) is 4.82. The monoisotopic (exact) mass is 238 g/mol. The topological polar surface area (TPSA) is 15.7 Å². The van der Waals surface area contributed by atoms with Gasteiger partial charge in [0, 0.05) is 37.3 Å². The van der Waals surface area contributed by atoms with Crippen molar-refractivity contribution in [2.75, 3.05) is 26.2 Å². The molecule has 3 nitrogen and oxygen atoms in total. The fourth-order valence-electron chi connectivity index (χ4n) is 3.74. The van der Waals surface area contributed by atoms with Gasteiger partial charge < -0.3 is 4.74 Å². The minimum Gasteiger partial charge on any atom is -0.375 e. The van der Waals surface area contributed by atoms with Gasteiger partial charge in [-0.3, -0.25) is 9.80 Å². The Labute approximate surface area is 105 Å². The van der Waals surface area contributed by atoms with Crippen LogP contribution in [0.15, 0.2) is 0 Å². The molecule has 0 N–H and O–H groups in total. The second-order valence-electron chi connectivity index (χ2n) is 6.93. The molecule has 0 spiro atoms. The molecule has 0 radical (unpaired) electrons. The summed E-state index contributed by atoms with van der Waals surface area (Å²) in [7, 11) is 0. The number of hydrogen-bond acceptors (Lipinski definition) is 3. The van der Waals surface area contributed by atoms with E-state index in [1.54, 1.807) is 0 Å². The number of nitrogens with zero attached hydrogens (tertiary/aromatic N) is 2. The molecule has 0 unspecified atom stereocenters. The zero-order chi connectivity index (χ0) is 12.0. The lowest BCUT2D eigenvalue weighted by Crippen LogP contribution is -2.53. The minimum atomic E-state index is 0.345. The summed E-state index contributed by atoms with van der Waals surface area (Å²) in [6.45, 7) is 11.7. The molecule has 3 saturated heterocycles. The molecule has 0 amide bonds.